The molecule has 3 aromatic carbocycles. The molecule has 168 valence electrons. The van der Waals surface area contributed by atoms with Crippen LogP contribution in [0.5, 0.6) is 5.75 Å². The van der Waals surface area contributed by atoms with Gasteiger partial charge < -0.3 is 14.2 Å². The minimum atomic E-state index is -4.03. The number of ether oxygens (including phenoxy) is 3. The van der Waals surface area contributed by atoms with Gasteiger partial charge in [-0.3, -0.25) is 4.18 Å². The van der Waals surface area contributed by atoms with E-state index in [1.807, 2.05) is 55.5 Å². The van der Waals surface area contributed by atoms with E-state index >= 15 is 0 Å². The van der Waals surface area contributed by atoms with Crippen LogP contribution >= 0.6 is 0 Å². The van der Waals surface area contributed by atoms with Crippen LogP contribution in [0.3, 0.4) is 0 Å². The molecule has 3 aromatic rings. The first-order chi connectivity index (χ1) is 15.3. The Balaban J connectivity index is 1.73. The maximum Gasteiger partial charge on any atom is 0.297 e. The van der Waals surface area contributed by atoms with Crippen molar-refractivity contribution >= 4 is 20.9 Å². The molecule has 32 heavy (non-hydrogen) atoms. The van der Waals surface area contributed by atoms with Gasteiger partial charge in [-0.1, -0.05) is 48.0 Å². The molecule has 0 aromatic heterocycles. The topological polar surface area (TPSA) is 71.1 Å². The highest BCUT2D eigenvalue weighted by molar-refractivity contribution is 7.86. The molecule has 0 N–H and O–H groups in total. The molecule has 0 saturated carbocycles. The highest BCUT2D eigenvalue weighted by Crippen LogP contribution is 2.37. The molecule has 1 aliphatic heterocycles. The quantitative estimate of drug-likeness (QED) is 0.397. The van der Waals surface area contributed by atoms with Gasteiger partial charge in [-0.2, -0.15) is 8.42 Å². The van der Waals surface area contributed by atoms with Gasteiger partial charge >= 0.3 is 0 Å². The summed E-state index contributed by atoms with van der Waals surface area (Å²) in [6.45, 7) is 4.07. The standard InChI is InChI=1S/C25H26O6S/c1-18-6-12-24(13-7-18)32(26,27)31-19(2)25(29-14-4-5-15-30-25)22-10-8-21-17-23(28-3)11-9-20(21)16-22/h4-13,16-17,19H,14-15H2,1-3H3. The summed E-state index contributed by atoms with van der Waals surface area (Å²) in [5.74, 6) is -0.651. The number of methoxy groups -OCH3 is 1. The summed E-state index contributed by atoms with van der Waals surface area (Å²) in [5.41, 5.74) is 1.63. The fraction of sp³-hybridized carbons (Fsp3) is 0.280. The normalized spacial score (nSPS) is 17.1. The second-order valence-corrected chi connectivity index (χ2v) is 9.27. The van der Waals surface area contributed by atoms with Gasteiger partial charge in [-0.05, 0) is 55.0 Å². The second-order valence-electron chi connectivity index (χ2n) is 7.69. The van der Waals surface area contributed by atoms with Crippen molar-refractivity contribution in [2.45, 2.75) is 30.6 Å². The summed E-state index contributed by atoms with van der Waals surface area (Å²) in [6, 6.07) is 18.0. The van der Waals surface area contributed by atoms with Crippen molar-refractivity contribution in [3.63, 3.8) is 0 Å². The van der Waals surface area contributed by atoms with Crippen LogP contribution in [0.2, 0.25) is 0 Å². The van der Waals surface area contributed by atoms with E-state index < -0.39 is 22.0 Å². The van der Waals surface area contributed by atoms with Crippen LogP contribution < -0.4 is 4.74 Å². The Morgan fingerprint density at radius 1 is 0.906 bits per heavy atom. The van der Waals surface area contributed by atoms with Crippen LogP contribution in [0.15, 0.2) is 77.7 Å². The summed E-state index contributed by atoms with van der Waals surface area (Å²) in [4.78, 5) is 0.0856. The Kier molecular flexibility index (Phi) is 6.35. The average molecular weight is 455 g/mol. The Labute approximate surface area is 188 Å². The Morgan fingerprint density at radius 3 is 2.19 bits per heavy atom. The zero-order valence-corrected chi connectivity index (χ0v) is 19.1. The maximum atomic E-state index is 13.0. The van der Waals surface area contributed by atoms with Crippen LogP contribution in [-0.2, 0) is 29.6 Å². The molecule has 6 nitrogen and oxygen atoms in total. The predicted molar refractivity (Wildman–Crippen MR) is 122 cm³/mol. The van der Waals surface area contributed by atoms with E-state index in [1.165, 1.54) is 12.1 Å². The number of rotatable bonds is 6. The van der Waals surface area contributed by atoms with Crippen molar-refractivity contribution in [1.82, 2.24) is 0 Å². The molecule has 0 aliphatic carbocycles. The SMILES string of the molecule is COc1ccc2cc(C3(C(C)OS(=O)(=O)c4ccc(C)cc4)OCC=CCO3)ccc2c1. The number of fused-ring (bicyclic) bond motifs is 1. The zero-order valence-electron chi connectivity index (χ0n) is 18.3. The maximum absolute atomic E-state index is 13.0. The first-order valence-corrected chi connectivity index (χ1v) is 11.8. The van der Waals surface area contributed by atoms with Crippen molar-refractivity contribution in [1.29, 1.82) is 0 Å². The molecular formula is C25H26O6S. The van der Waals surface area contributed by atoms with Gasteiger partial charge in [0.05, 0.1) is 25.2 Å². The molecule has 1 unspecified atom stereocenters. The van der Waals surface area contributed by atoms with Crippen molar-refractivity contribution in [2.75, 3.05) is 20.3 Å². The lowest BCUT2D eigenvalue weighted by molar-refractivity contribution is -0.271. The Morgan fingerprint density at radius 2 is 1.53 bits per heavy atom. The van der Waals surface area contributed by atoms with E-state index in [4.69, 9.17) is 18.4 Å². The van der Waals surface area contributed by atoms with Gasteiger partial charge in [0.25, 0.3) is 10.1 Å². The number of hydrogen-bond acceptors (Lipinski definition) is 6. The summed E-state index contributed by atoms with van der Waals surface area (Å²) >= 11 is 0. The van der Waals surface area contributed by atoms with Gasteiger partial charge in [0.2, 0.25) is 5.79 Å². The van der Waals surface area contributed by atoms with E-state index in [2.05, 4.69) is 0 Å². The Bertz CT molecular complexity index is 1220. The fourth-order valence-corrected chi connectivity index (χ4v) is 4.83. The number of hydrogen-bond donors (Lipinski definition) is 0. The van der Waals surface area contributed by atoms with E-state index in [9.17, 15) is 8.42 Å². The van der Waals surface area contributed by atoms with Gasteiger partial charge in [-0.15, -0.1) is 0 Å². The van der Waals surface area contributed by atoms with E-state index in [0.717, 1.165) is 22.1 Å². The van der Waals surface area contributed by atoms with Gasteiger partial charge in [-0.25, -0.2) is 0 Å². The lowest BCUT2D eigenvalue weighted by Gasteiger charge is -2.37. The largest absolute Gasteiger partial charge is 0.497 e. The van der Waals surface area contributed by atoms with Crippen LogP contribution in [0, 0.1) is 6.92 Å². The summed E-state index contributed by atoms with van der Waals surface area (Å²) < 4.78 is 49.1. The molecule has 0 bridgehead atoms. The molecule has 0 spiro atoms. The average Bonchev–Trinajstić information content (AvgIpc) is 3.05. The molecular weight excluding hydrogens is 428 g/mol. The van der Waals surface area contributed by atoms with Crippen LogP contribution in [0.25, 0.3) is 10.8 Å². The Hall–Kier alpha value is -2.71. The van der Waals surface area contributed by atoms with Gasteiger partial charge in [0.1, 0.15) is 11.9 Å². The lowest BCUT2D eigenvalue weighted by Crippen LogP contribution is -2.45. The minimum absolute atomic E-state index is 0.0856. The molecule has 7 heteroatoms. The molecule has 0 fully saturated rings. The van der Waals surface area contributed by atoms with Gasteiger partial charge in [0, 0.05) is 5.56 Å². The van der Waals surface area contributed by atoms with Crippen molar-refractivity contribution in [3.05, 3.63) is 83.9 Å². The van der Waals surface area contributed by atoms with Crippen LogP contribution in [0.4, 0.5) is 0 Å². The third-order valence-electron chi connectivity index (χ3n) is 5.52. The van der Waals surface area contributed by atoms with Crippen molar-refractivity contribution in [3.8, 4) is 5.75 Å². The van der Waals surface area contributed by atoms with Crippen molar-refractivity contribution < 1.29 is 26.8 Å². The smallest absolute Gasteiger partial charge is 0.297 e. The molecule has 1 heterocycles. The summed E-state index contributed by atoms with van der Waals surface area (Å²) in [7, 11) is -2.41. The summed E-state index contributed by atoms with van der Waals surface area (Å²) in [5, 5.41) is 1.93. The third kappa shape index (κ3) is 4.42. The number of benzene rings is 3. The fourth-order valence-electron chi connectivity index (χ4n) is 3.74. The highest BCUT2D eigenvalue weighted by atomic mass is 32.2. The van der Waals surface area contributed by atoms with Crippen LogP contribution in [0.1, 0.15) is 18.1 Å². The lowest BCUT2D eigenvalue weighted by atomic mass is 9.97. The molecule has 0 amide bonds. The highest BCUT2D eigenvalue weighted by Gasteiger charge is 2.44. The third-order valence-corrected chi connectivity index (χ3v) is 6.91. The zero-order chi connectivity index (χ0) is 22.8. The molecule has 0 saturated heterocycles. The van der Waals surface area contributed by atoms with Crippen LogP contribution in [-0.4, -0.2) is 34.8 Å². The van der Waals surface area contributed by atoms with E-state index in [0.29, 0.717) is 5.56 Å². The first-order valence-electron chi connectivity index (χ1n) is 10.4. The number of aryl methyl sites for hydroxylation is 1. The molecule has 1 atom stereocenters. The van der Waals surface area contributed by atoms with Gasteiger partial charge in [0.15, 0.2) is 0 Å². The van der Waals surface area contributed by atoms with Crippen molar-refractivity contribution in [2.24, 2.45) is 0 Å². The minimum Gasteiger partial charge on any atom is -0.497 e. The van der Waals surface area contributed by atoms with E-state index in [-0.39, 0.29) is 18.1 Å². The second kappa shape index (κ2) is 9.03. The monoisotopic (exact) mass is 454 g/mol. The molecule has 0 radical (unpaired) electrons. The first kappa shape index (κ1) is 22.5. The predicted octanol–water partition coefficient (Wildman–Crippen LogP) is 4.71. The van der Waals surface area contributed by atoms with E-state index in [1.54, 1.807) is 26.2 Å². The molecule has 4 rings (SSSR count). The molecule has 1 aliphatic rings. The summed E-state index contributed by atoms with van der Waals surface area (Å²) in [6.07, 6.45) is 2.73.